The zero-order valence-corrected chi connectivity index (χ0v) is 22.6. The van der Waals surface area contributed by atoms with E-state index >= 15 is 0 Å². The number of aryl methyl sites for hydroxylation is 1. The number of ether oxygens (including phenoxy) is 1. The second-order valence-electron chi connectivity index (χ2n) is 10.0. The van der Waals surface area contributed by atoms with Gasteiger partial charge in [-0.05, 0) is 63.6 Å². The summed E-state index contributed by atoms with van der Waals surface area (Å²) in [5.74, 6) is 2.35. The molecule has 0 aliphatic heterocycles. The average Bonchev–Trinajstić information content (AvgIpc) is 3.32. The third-order valence-corrected chi connectivity index (χ3v) is 8.57. The van der Waals surface area contributed by atoms with Crippen molar-refractivity contribution in [3.05, 3.63) is 35.7 Å². The Morgan fingerprint density at radius 1 is 1.00 bits per heavy atom. The van der Waals surface area contributed by atoms with Crippen LogP contribution in [0.2, 0.25) is 0 Å². The van der Waals surface area contributed by atoms with E-state index in [9.17, 15) is 4.79 Å². The molecule has 7 heteroatoms. The molecule has 192 valence electrons. The Bertz CT molecular complexity index is 915. The quantitative estimate of drug-likeness (QED) is 0.346. The topological polar surface area (TPSA) is 60.3 Å². The van der Waals surface area contributed by atoms with Crippen LogP contribution in [-0.4, -0.2) is 43.4 Å². The first-order chi connectivity index (χ1) is 17.1. The lowest BCUT2D eigenvalue weighted by molar-refractivity contribution is -0.135. The maximum atomic E-state index is 13.6. The molecule has 0 saturated heterocycles. The molecule has 0 bridgehead atoms. The van der Waals surface area contributed by atoms with Crippen LogP contribution in [0.25, 0.3) is 0 Å². The summed E-state index contributed by atoms with van der Waals surface area (Å²) >= 11 is 1.53. The summed E-state index contributed by atoms with van der Waals surface area (Å²) in [5, 5.41) is 9.73. The predicted octanol–water partition coefficient (Wildman–Crippen LogP) is 6.59. The highest BCUT2D eigenvalue weighted by Gasteiger charge is 2.32. The van der Waals surface area contributed by atoms with Crippen molar-refractivity contribution in [2.24, 2.45) is 0 Å². The summed E-state index contributed by atoms with van der Waals surface area (Å²) in [4.78, 5) is 15.9. The maximum Gasteiger partial charge on any atom is 0.233 e. The predicted molar refractivity (Wildman–Crippen MR) is 142 cm³/mol. The molecule has 1 heterocycles. The van der Waals surface area contributed by atoms with Gasteiger partial charge in [0.2, 0.25) is 5.91 Å². The largest absolute Gasteiger partial charge is 0.483 e. The number of thioether (sulfide) groups is 1. The van der Waals surface area contributed by atoms with E-state index in [1.165, 1.54) is 55.9 Å². The third kappa shape index (κ3) is 6.60. The van der Waals surface area contributed by atoms with Gasteiger partial charge in [-0.25, -0.2) is 0 Å². The Hall–Kier alpha value is -2.02. The highest BCUT2D eigenvalue weighted by molar-refractivity contribution is 7.99. The lowest BCUT2D eigenvalue weighted by atomic mass is 9.88. The second-order valence-corrected chi connectivity index (χ2v) is 11.0. The van der Waals surface area contributed by atoms with E-state index < -0.39 is 0 Å². The van der Waals surface area contributed by atoms with Gasteiger partial charge >= 0.3 is 0 Å². The first kappa shape index (κ1) is 26.1. The fourth-order valence-corrected chi connectivity index (χ4v) is 6.57. The molecule has 35 heavy (non-hydrogen) atoms. The molecule has 0 N–H and O–H groups in total. The molecule has 0 spiro atoms. The van der Waals surface area contributed by atoms with Crippen LogP contribution in [-0.2, 0) is 17.8 Å². The van der Waals surface area contributed by atoms with Gasteiger partial charge in [0.1, 0.15) is 5.75 Å². The maximum absolute atomic E-state index is 13.6. The van der Waals surface area contributed by atoms with E-state index in [1.807, 2.05) is 19.1 Å². The van der Waals surface area contributed by atoms with E-state index in [1.54, 1.807) is 0 Å². The van der Waals surface area contributed by atoms with Crippen molar-refractivity contribution < 1.29 is 9.53 Å². The first-order valence-corrected chi connectivity index (χ1v) is 14.7. The van der Waals surface area contributed by atoms with E-state index in [0.717, 1.165) is 55.4 Å². The van der Waals surface area contributed by atoms with E-state index in [0.29, 0.717) is 17.8 Å². The molecule has 2 saturated carbocycles. The molecule has 2 aromatic rings. The molecule has 0 radical (unpaired) electrons. The smallest absolute Gasteiger partial charge is 0.233 e. The van der Waals surface area contributed by atoms with E-state index in [2.05, 4.69) is 45.6 Å². The number of nitrogens with zero attached hydrogens (tertiary/aromatic N) is 4. The highest BCUT2D eigenvalue weighted by atomic mass is 32.2. The Morgan fingerprint density at radius 2 is 1.60 bits per heavy atom. The molecule has 2 aliphatic rings. The summed E-state index contributed by atoms with van der Waals surface area (Å²) in [6, 6.07) is 9.08. The molecule has 1 atom stereocenters. The normalized spacial score (nSPS) is 18.4. The zero-order valence-electron chi connectivity index (χ0n) is 21.7. The van der Waals surface area contributed by atoms with Crippen molar-refractivity contribution in [3.8, 4) is 5.75 Å². The fourth-order valence-electron chi connectivity index (χ4n) is 5.69. The summed E-state index contributed by atoms with van der Waals surface area (Å²) in [6.07, 6.45) is 13.1. The van der Waals surface area contributed by atoms with Gasteiger partial charge in [0.05, 0.1) is 5.75 Å². The summed E-state index contributed by atoms with van der Waals surface area (Å²) < 4.78 is 8.26. The molecule has 2 fully saturated rings. The highest BCUT2D eigenvalue weighted by Crippen LogP contribution is 2.32. The molecule has 1 aromatic carbocycles. The lowest BCUT2D eigenvalue weighted by Crippen LogP contribution is -2.49. The standard InChI is InChI=1S/C28H42N4O2S/c1-4-22-16-18-25(19-17-22)34-21(3)27-29-30-28(31(27)5-2)35-20-26(33)32(23-12-8-6-9-13-23)24-14-10-7-11-15-24/h16-19,21,23-24H,4-15,20H2,1-3H3/t21-/m0/s1. The van der Waals surface area contributed by atoms with Crippen molar-refractivity contribution in [3.63, 3.8) is 0 Å². The van der Waals surface area contributed by atoms with Gasteiger partial charge in [-0.15, -0.1) is 10.2 Å². The second kappa shape index (κ2) is 12.8. The summed E-state index contributed by atoms with van der Waals surface area (Å²) in [6.45, 7) is 7.00. The monoisotopic (exact) mass is 498 g/mol. The molecule has 1 amide bonds. The minimum atomic E-state index is -0.221. The number of carbonyl (C=O) groups excluding carboxylic acids is 1. The Morgan fingerprint density at radius 3 is 2.14 bits per heavy atom. The molecule has 6 nitrogen and oxygen atoms in total. The Balaban J connectivity index is 1.41. The van der Waals surface area contributed by atoms with Crippen molar-refractivity contribution in [2.75, 3.05) is 5.75 Å². The Labute approximate surface area is 215 Å². The van der Waals surface area contributed by atoms with Gasteiger partial charge in [-0.2, -0.15) is 0 Å². The van der Waals surface area contributed by atoms with Crippen LogP contribution < -0.4 is 4.74 Å². The number of hydrogen-bond donors (Lipinski definition) is 0. The molecule has 0 unspecified atom stereocenters. The van der Waals surface area contributed by atoms with Crippen LogP contribution in [0.1, 0.15) is 102 Å². The van der Waals surface area contributed by atoms with Gasteiger partial charge in [-0.1, -0.05) is 69.3 Å². The lowest BCUT2D eigenvalue weighted by Gasteiger charge is -2.41. The minimum absolute atomic E-state index is 0.221. The fraction of sp³-hybridized carbons (Fsp3) is 0.679. The Kier molecular flexibility index (Phi) is 9.52. The average molecular weight is 499 g/mol. The number of carbonyl (C=O) groups is 1. The van der Waals surface area contributed by atoms with Gasteiger partial charge in [0.15, 0.2) is 17.1 Å². The SMILES string of the molecule is CCc1ccc(O[C@@H](C)c2nnc(SCC(=O)N(C3CCCCC3)C3CCCCC3)n2CC)cc1. The number of hydrogen-bond acceptors (Lipinski definition) is 5. The molecular formula is C28H42N4O2S. The molecule has 2 aliphatic carbocycles. The van der Waals surface area contributed by atoms with Gasteiger partial charge < -0.3 is 14.2 Å². The van der Waals surface area contributed by atoms with Crippen LogP contribution in [0.5, 0.6) is 5.75 Å². The van der Waals surface area contributed by atoms with E-state index in [-0.39, 0.29) is 12.0 Å². The molecule has 1 aromatic heterocycles. The summed E-state index contributed by atoms with van der Waals surface area (Å²) in [7, 11) is 0. The first-order valence-electron chi connectivity index (χ1n) is 13.7. The zero-order chi connectivity index (χ0) is 24.6. The van der Waals surface area contributed by atoms with Crippen molar-refractivity contribution in [1.29, 1.82) is 0 Å². The van der Waals surface area contributed by atoms with Crippen LogP contribution in [0.3, 0.4) is 0 Å². The van der Waals surface area contributed by atoms with Crippen LogP contribution >= 0.6 is 11.8 Å². The number of rotatable bonds is 10. The number of amides is 1. The number of benzene rings is 1. The van der Waals surface area contributed by atoms with Crippen LogP contribution in [0.15, 0.2) is 29.4 Å². The van der Waals surface area contributed by atoms with Gasteiger partial charge in [-0.3, -0.25) is 4.79 Å². The molecule has 4 rings (SSSR count). The van der Waals surface area contributed by atoms with Crippen molar-refractivity contribution in [1.82, 2.24) is 19.7 Å². The van der Waals surface area contributed by atoms with Gasteiger partial charge in [0.25, 0.3) is 0 Å². The van der Waals surface area contributed by atoms with Crippen LogP contribution in [0, 0.1) is 0 Å². The molecular weight excluding hydrogens is 456 g/mol. The van der Waals surface area contributed by atoms with Gasteiger partial charge in [0, 0.05) is 18.6 Å². The van der Waals surface area contributed by atoms with Crippen molar-refractivity contribution in [2.45, 2.75) is 121 Å². The number of aromatic nitrogens is 3. The van der Waals surface area contributed by atoms with Crippen molar-refractivity contribution >= 4 is 17.7 Å². The van der Waals surface area contributed by atoms with Crippen LogP contribution in [0.4, 0.5) is 0 Å². The summed E-state index contributed by atoms with van der Waals surface area (Å²) in [5.41, 5.74) is 1.29. The van der Waals surface area contributed by atoms with E-state index in [4.69, 9.17) is 4.74 Å². The minimum Gasteiger partial charge on any atom is -0.483 e. The third-order valence-electron chi connectivity index (χ3n) is 7.62.